The zero-order valence-electron chi connectivity index (χ0n) is 20.3. The minimum Gasteiger partial charge on any atom is -0.507 e. The van der Waals surface area contributed by atoms with E-state index in [1.807, 2.05) is 18.2 Å². The number of amides is 1. The molecule has 1 unspecified atom stereocenters. The number of aliphatic hydroxyl groups is 1. The van der Waals surface area contributed by atoms with Crippen LogP contribution in [-0.4, -0.2) is 36.0 Å². The molecule has 1 N–H and O–H groups in total. The second kappa shape index (κ2) is 9.88. The first-order chi connectivity index (χ1) is 17.9. The van der Waals surface area contributed by atoms with Gasteiger partial charge in [-0.3, -0.25) is 14.5 Å². The Morgan fingerprint density at radius 3 is 2.51 bits per heavy atom. The lowest BCUT2D eigenvalue weighted by Crippen LogP contribution is -2.29. The summed E-state index contributed by atoms with van der Waals surface area (Å²) in [6, 6.07) is 16.5. The maximum absolute atomic E-state index is 13.5. The van der Waals surface area contributed by atoms with Crippen molar-refractivity contribution in [3.05, 3.63) is 87.9 Å². The summed E-state index contributed by atoms with van der Waals surface area (Å²) in [4.78, 5) is 33.1. The summed E-state index contributed by atoms with van der Waals surface area (Å²) in [7, 11) is 2.99. The van der Waals surface area contributed by atoms with Gasteiger partial charge in [0.05, 0.1) is 30.0 Å². The predicted octanol–water partition coefficient (Wildman–Crippen LogP) is 6.16. The third-order valence-corrected chi connectivity index (χ3v) is 7.62. The minimum absolute atomic E-state index is 0.0765. The molecule has 5 rings (SSSR count). The first-order valence-electron chi connectivity index (χ1n) is 11.5. The van der Waals surface area contributed by atoms with E-state index >= 15 is 0 Å². The summed E-state index contributed by atoms with van der Waals surface area (Å²) < 4.78 is 12.0. The fourth-order valence-corrected chi connectivity index (χ4v) is 5.68. The van der Waals surface area contributed by atoms with Gasteiger partial charge in [-0.15, -0.1) is 0 Å². The molecular weight excluding hydrogens is 512 g/mol. The molecule has 3 aromatic carbocycles. The van der Waals surface area contributed by atoms with Crippen molar-refractivity contribution in [2.24, 2.45) is 0 Å². The number of ketones is 1. The Labute approximate surface area is 222 Å². The van der Waals surface area contributed by atoms with Gasteiger partial charge in [-0.05, 0) is 54.4 Å². The highest BCUT2D eigenvalue weighted by atomic mass is 35.5. The van der Waals surface area contributed by atoms with E-state index in [9.17, 15) is 14.7 Å². The molecule has 0 spiro atoms. The average molecular weight is 535 g/mol. The Morgan fingerprint density at radius 2 is 1.84 bits per heavy atom. The number of anilines is 1. The molecular formula is C28H23ClN2O5S. The molecule has 1 fully saturated rings. The highest BCUT2D eigenvalue weighted by Crippen LogP contribution is 2.48. The van der Waals surface area contributed by atoms with Gasteiger partial charge in [0.25, 0.3) is 5.78 Å². The molecule has 4 aromatic rings. The number of Topliss-reactive ketones (excluding diaryl/α,β-unsaturated/α-hetero) is 1. The summed E-state index contributed by atoms with van der Waals surface area (Å²) in [5.41, 5.74) is 2.61. The molecule has 0 saturated carbocycles. The van der Waals surface area contributed by atoms with E-state index < -0.39 is 17.7 Å². The van der Waals surface area contributed by atoms with E-state index in [0.29, 0.717) is 38.3 Å². The number of halogens is 1. The Hall–Kier alpha value is -3.88. The molecule has 2 heterocycles. The van der Waals surface area contributed by atoms with Crippen molar-refractivity contribution in [2.75, 3.05) is 19.1 Å². The highest BCUT2D eigenvalue weighted by Gasteiger charge is 2.49. The van der Waals surface area contributed by atoms with E-state index in [4.69, 9.17) is 21.1 Å². The number of benzene rings is 3. The van der Waals surface area contributed by atoms with Crippen LogP contribution in [0.5, 0.6) is 11.5 Å². The van der Waals surface area contributed by atoms with Crippen LogP contribution in [0, 0.1) is 0 Å². The SMILES string of the molecule is CCc1ccc2nc(N3C(=O)C(=O)C(=C(O)c4ccc(Cl)cc4)C3c3cccc(OC)c3OC)sc2c1. The highest BCUT2D eigenvalue weighted by molar-refractivity contribution is 7.22. The number of aryl methyl sites for hydroxylation is 1. The predicted molar refractivity (Wildman–Crippen MR) is 145 cm³/mol. The van der Waals surface area contributed by atoms with Crippen LogP contribution in [0.25, 0.3) is 16.0 Å². The van der Waals surface area contributed by atoms with Crippen molar-refractivity contribution in [3.63, 3.8) is 0 Å². The summed E-state index contributed by atoms with van der Waals surface area (Å²) in [6.07, 6.45) is 0.857. The Balaban J connectivity index is 1.77. The number of rotatable bonds is 6. The first kappa shape index (κ1) is 24.8. The average Bonchev–Trinajstić information content (AvgIpc) is 3.45. The molecule has 37 heavy (non-hydrogen) atoms. The second-order valence-corrected chi connectivity index (χ2v) is 9.86. The number of ether oxygens (including phenoxy) is 2. The topological polar surface area (TPSA) is 89.0 Å². The van der Waals surface area contributed by atoms with Crippen LogP contribution in [0.3, 0.4) is 0 Å². The van der Waals surface area contributed by atoms with Crippen LogP contribution in [0.4, 0.5) is 5.13 Å². The van der Waals surface area contributed by atoms with Crippen molar-refractivity contribution < 1.29 is 24.2 Å². The number of aliphatic hydroxyl groups excluding tert-OH is 1. The van der Waals surface area contributed by atoms with E-state index in [1.165, 1.54) is 30.5 Å². The molecule has 1 saturated heterocycles. The lowest BCUT2D eigenvalue weighted by molar-refractivity contribution is -0.132. The maximum Gasteiger partial charge on any atom is 0.301 e. The van der Waals surface area contributed by atoms with E-state index in [-0.39, 0.29) is 11.3 Å². The number of carbonyl (C=O) groups excluding carboxylic acids is 2. The maximum atomic E-state index is 13.5. The van der Waals surface area contributed by atoms with E-state index in [0.717, 1.165) is 16.7 Å². The van der Waals surface area contributed by atoms with Crippen molar-refractivity contribution in [1.29, 1.82) is 0 Å². The zero-order valence-corrected chi connectivity index (χ0v) is 21.9. The molecule has 188 valence electrons. The molecule has 1 aromatic heterocycles. The van der Waals surface area contributed by atoms with Crippen molar-refractivity contribution in [1.82, 2.24) is 4.98 Å². The summed E-state index contributed by atoms with van der Waals surface area (Å²) in [6.45, 7) is 2.06. The zero-order chi connectivity index (χ0) is 26.3. The number of para-hydroxylation sites is 1. The molecule has 1 aliphatic heterocycles. The van der Waals surface area contributed by atoms with Gasteiger partial charge in [0.1, 0.15) is 11.8 Å². The molecule has 1 aliphatic rings. The molecule has 7 nitrogen and oxygen atoms in total. The number of carbonyl (C=O) groups is 2. The number of nitrogens with zero attached hydrogens (tertiary/aromatic N) is 2. The van der Waals surface area contributed by atoms with Crippen LogP contribution in [0.2, 0.25) is 5.02 Å². The second-order valence-electron chi connectivity index (χ2n) is 8.41. The quantitative estimate of drug-likeness (QED) is 0.181. The molecule has 0 aliphatic carbocycles. The Kier molecular flexibility index (Phi) is 6.62. The molecule has 1 amide bonds. The number of hydrogen-bond acceptors (Lipinski definition) is 7. The lowest BCUT2D eigenvalue weighted by Gasteiger charge is -2.25. The third-order valence-electron chi connectivity index (χ3n) is 6.35. The minimum atomic E-state index is -1.01. The number of fused-ring (bicyclic) bond motifs is 1. The lowest BCUT2D eigenvalue weighted by atomic mass is 9.94. The molecule has 0 bridgehead atoms. The summed E-state index contributed by atoms with van der Waals surface area (Å²) in [5.74, 6) is -1.16. The first-order valence-corrected chi connectivity index (χ1v) is 12.7. The van der Waals surface area contributed by atoms with Gasteiger partial charge in [-0.2, -0.15) is 0 Å². The summed E-state index contributed by atoms with van der Waals surface area (Å²) >= 11 is 7.34. The van der Waals surface area contributed by atoms with Crippen LogP contribution in [0.1, 0.15) is 29.7 Å². The molecule has 1 atom stereocenters. The number of thiazole rings is 1. The van der Waals surface area contributed by atoms with Gasteiger partial charge < -0.3 is 14.6 Å². The largest absolute Gasteiger partial charge is 0.507 e. The normalized spacial score (nSPS) is 17.0. The fourth-order valence-electron chi connectivity index (χ4n) is 4.49. The Morgan fingerprint density at radius 1 is 1.08 bits per heavy atom. The fraction of sp³-hybridized carbons (Fsp3) is 0.179. The van der Waals surface area contributed by atoms with E-state index in [2.05, 4.69) is 11.9 Å². The smallest absolute Gasteiger partial charge is 0.301 e. The van der Waals surface area contributed by atoms with E-state index in [1.54, 1.807) is 42.5 Å². The van der Waals surface area contributed by atoms with Crippen molar-refractivity contribution in [2.45, 2.75) is 19.4 Å². The number of hydrogen-bond donors (Lipinski definition) is 1. The van der Waals surface area contributed by atoms with Crippen molar-refractivity contribution in [3.8, 4) is 11.5 Å². The van der Waals surface area contributed by atoms with Gasteiger partial charge in [0, 0.05) is 16.1 Å². The molecule has 0 radical (unpaired) electrons. The van der Waals surface area contributed by atoms with Gasteiger partial charge in [-0.25, -0.2) is 4.98 Å². The number of aromatic nitrogens is 1. The van der Waals surface area contributed by atoms with Crippen LogP contribution < -0.4 is 14.4 Å². The van der Waals surface area contributed by atoms with Gasteiger partial charge >= 0.3 is 5.91 Å². The standard InChI is InChI=1S/C28H23ClN2O5S/c1-4-15-8-13-19-21(14-15)37-28(30-19)31-23(18-6-5-7-20(35-2)26(18)36-3)22(25(33)27(31)34)24(32)16-9-11-17(29)12-10-16/h5-14,23,32H,4H2,1-3H3. The third kappa shape index (κ3) is 4.22. The number of methoxy groups -OCH3 is 2. The van der Waals surface area contributed by atoms with Crippen LogP contribution in [0.15, 0.2) is 66.2 Å². The van der Waals surface area contributed by atoms with Crippen LogP contribution in [-0.2, 0) is 16.0 Å². The molecule has 9 heteroatoms. The van der Waals surface area contributed by atoms with Gasteiger partial charge in [0.2, 0.25) is 0 Å². The monoisotopic (exact) mass is 534 g/mol. The van der Waals surface area contributed by atoms with Gasteiger partial charge in [-0.1, -0.05) is 48.1 Å². The Bertz CT molecular complexity index is 1560. The summed E-state index contributed by atoms with van der Waals surface area (Å²) in [5, 5.41) is 12.2. The van der Waals surface area contributed by atoms with Crippen molar-refractivity contribution >= 4 is 55.7 Å². The van der Waals surface area contributed by atoms with Gasteiger partial charge in [0.15, 0.2) is 16.6 Å². The van der Waals surface area contributed by atoms with Crippen LogP contribution >= 0.6 is 22.9 Å².